The number of likely N-dealkylation sites (tertiary alicyclic amines) is 2. The molecule has 2 atom stereocenters. The van der Waals surface area contributed by atoms with Crippen LogP contribution in [0.2, 0.25) is 0 Å². The molecule has 2 aliphatic rings. The zero-order valence-electron chi connectivity index (χ0n) is 13.8. The molecule has 2 fully saturated rings. The van der Waals surface area contributed by atoms with Gasteiger partial charge in [-0.2, -0.15) is 0 Å². The van der Waals surface area contributed by atoms with Gasteiger partial charge in [0, 0.05) is 31.6 Å². The van der Waals surface area contributed by atoms with E-state index in [4.69, 9.17) is 0 Å². The quantitative estimate of drug-likeness (QED) is 0.853. The second-order valence-corrected chi connectivity index (χ2v) is 7.57. The molecule has 6 nitrogen and oxygen atoms in total. The van der Waals surface area contributed by atoms with Gasteiger partial charge in [0.1, 0.15) is 5.69 Å². The molecule has 2 aromatic rings. The summed E-state index contributed by atoms with van der Waals surface area (Å²) in [5.74, 6) is 0.147. The number of carbonyl (C=O) groups excluding carboxylic acids is 2. The maximum atomic E-state index is 12.8. The van der Waals surface area contributed by atoms with Crippen LogP contribution in [0.4, 0.5) is 0 Å². The Balaban J connectivity index is 1.53. The average Bonchev–Trinajstić information content (AvgIpc) is 3.28. The van der Waals surface area contributed by atoms with Crippen molar-refractivity contribution in [3.8, 4) is 0 Å². The zero-order chi connectivity index (χ0) is 16.8. The number of aryl methyl sites for hydroxylation is 2. The normalized spacial score (nSPS) is 23.2. The van der Waals surface area contributed by atoms with E-state index in [1.165, 1.54) is 0 Å². The zero-order valence-corrected chi connectivity index (χ0v) is 14.6. The first-order valence-corrected chi connectivity index (χ1v) is 9.05. The molecular formula is C17H20N4O2S. The first-order chi connectivity index (χ1) is 11.5. The van der Waals surface area contributed by atoms with Crippen molar-refractivity contribution in [2.75, 3.05) is 6.54 Å². The lowest BCUT2D eigenvalue weighted by Crippen LogP contribution is -2.40. The lowest BCUT2D eigenvalue weighted by atomic mass is 10.1. The molecule has 0 aliphatic carbocycles. The Labute approximate surface area is 144 Å². The highest BCUT2D eigenvalue weighted by Gasteiger charge is 2.48. The average molecular weight is 344 g/mol. The lowest BCUT2D eigenvalue weighted by Gasteiger charge is -2.25. The fourth-order valence-electron chi connectivity index (χ4n) is 3.87. The Bertz CT molecular complexity index is 796. The van der Waals surface area contributed by atoms with Gasteiger partial charge in [0.25, 0.3) is 5.91 Å². The number of fused-ring (bicyclic) bond motifs is 1. The molecule has 2 aromatic heterocycles. The number of carbonyl (C=O) groups is 2. The Morgan fingerprint density at radius 1 is 1.42 bits per heavy atom. The van der Waals surface area contributed by atoms with Crippen LogP contribution >= 0.6 is 11.3 Å². The van der Waals surface area contributed by atoms with Crippen molar-refractivity contribution < 1.29 is 9.59 Å². The molecule has 2 aliphatic heterocycles. The predicted octanol–water partition coefficient (Wildman–Crippen LogP) is 1.81. The van der Waals surface area contributed by atoms with Gasteiger partial charge >= 0.3 is 0 Å². The van der Waals surface area contributed by atoms with E-state index in [1.807, 2.05) is 52.0 Å². The summed E-state index contributed by atoms with van der Waals surface area (Å²) in [5, 5.41) is 3.03. The minimum atomic E-state index is -0.0142. The van der Waals surface area contributed by atoms with Crippen LogP contribution in [0.5, 0.6) is 0 Å². The monoisotopic (exact) mass is 344 g/mol. The van der Waals surface area contributed by atoms with E-state index in [2.05, 4.69) is 4.98 Å². The standard InChI is InChI=1S/C17H20N4O2S/c1-11-18-12(10-24-11)9-21-13-5-7-20(15(13)8-16(21)22)17(23)14-4-3-6-19(14)2/h3-4,6,10,13,15H,5,7-9H2,1-2H3/t13-,15+/m0/s1. The fraction of sp³-hybridized carbons (Fsp3) is 0.471. The summed E-state index contributed by atoms with van der Waals surface area (Å²) in [6.45, 7) is 3.23. The first kappa shape index (κ1) is 15.4. The molecular weight excluding hydrogens is 324 g/mol. The van der Waals surface area contributed by atoms with Gasteiger partial charge in [-0.15, -0.1) is 11.3 Å². The summed E-state index contributed by atoms with van der Waals surface area (Å²) < 4.78 is 1.84. The first-order valence-electron chi connectivity index (χ1n) is 8.17. The second kappa shape index (κ2) is 5.73. The van der Waals surface area contributed by atoms with Crippen LogP contribution < -0.4 is 0 Å². The SMILES string of the molecule is Cc1nc(CN2C(=O)C[C@@H]3[C@@H]2CCN3C(=O)c2cccn2C)cs1. The molecule has 0 saturated carbocycles. The summed E-state index contributed by atoms with van der Waals surface area (Å²) in [4.78, 5) is 33.6. The Kier molecular flexibility index (Phi) is 3.68. The highest BCUT2D eigenvalue weighted by molar-refractivity contribution is 7.09. The van der Waals surface area contributed by atoms with Gasteiger partial charge in [-0.3, -0.25) is 9.59 Å². The van der Waals surface area contributed by atoms with E-state index in [0.29, 0.717) is 25.2 Å². The maximum absolute atomic E-state index is 12.8. The molecule has 0 unspecified atom stereocenters. The van der Waals surface area contributed by atoms with E-state index in [0.717, 1.165) is 17.1 Å². The van der Waals surface area contributed by atoms with Gasteiger partial charge < -0.3 is 14.4 Å². The van der Waals surface area contributed by atoms with Crippen molar-refractivity contribution in [1.82, 2.24) is 19.4 Å². The van der Waals surface area contributed by atoms with Gasteiger partial charge in [0.05, 0.1) is 29.3 Å². The number of aromatic nitrogens is 2. The number of hydrogen-bond acceptors (Lipinski definition) is 4. The molecule has 0 aromatic carbocycles. The molecule has 2 saturated heterocycles. The molecule has 2 amide bonds. The van der Waals surface area contributed by atoms with Gasteiger partial charge in [0.2, 0.25) is 5.91 Å². The second-order valence-electron chi connectivity index (χ2n) is 6.51. The Morgan fingerprint density at radius 3 is 2.92 bits per heavy atom. The minimum Gasteiger partial charge on any atom is -0.347 e. The molecule has 24 heavy (non-hydrogen) atoms. The third-order valence-electron chi connectivity index (χ3n) is 5.04. The summed E-state index contributed by atoms with van der Waals surface area (Å²) in [5.41, 5.74) is 1.62. The van der Waals surface area contributed by atoms with E-state index in [9.17, 15) is 9.59 Å². The van der Waals surface area contributed by atoms with Crippen LogP contribution in [-0.2, 0) is 18.4 Å². The molecule has 0 N–H and O–H groups in total. The number of rotatable bonds is 3. The van der Waals surface area contributed by atoms with E-state index in [-0.39, 0.29) is 23.9 Å². The number of thiazole rings is 1. The molecule has 126 valence electrons. The van der Waals surface area contributed by atoms with Gasteiger partial charge in [-0.1, -0.05) is 0 Å². The summed E-state index contributed by atoms with van der Waals surface area (Å²) in [6.07, 6.45) is 3.14. The molecule has 0 bridgehead atoms. The van der Waals surface area contributed by atoms with Gasteiger partial charge in [-0.05, 0) is 25.5 Å². The minimum absolute atomic E-state index is 0.0142. The topological polar surface area (TPSA) is 58.4 Å². The van der Waals surface area contributed by atoms with E-state index < -0.39 is 0 Å². The molecule has 0 radical (unpaired) electrons. The highest BCUT2D eigenvalue weighted by atomic mass is 32.1. The van der Waals surface area contributed by atoms with Crippen molar-refractivity contribution in [1.29, 1.82) is 0 Å². The number of nitrogens with zero attached hydrogens (tertiary/aromatic N) is 4. The molecule has 4 heterocycles. The number of amides is 2. The third kappa shape index (κ3) is 2.43. The van der Waals surface area contributed by atoms with Crippen LogP contribution in [0, 0.1) is 6.92 Å². The van der Waals surface area contributed by atoms with Gasteiger partial charge in [0.15, 0.2) is 0 Å². The summed E-state index contributed by atoms with van der Waals surface area (Å²) in [7, 11) is 1.87. The summed E-state index contributed by atoms with van der Waals surface area (Å²) >= 11 is 1.60. The van der Waals surface area contributed by atoms with Crippen LogP contribution in [0.15, 0.2) is 23.7 Å². The van der Waals surface area contributed by atoms with Crippen LogP contribution in [-0.4, -0.2) is 49.8 Å². The van der Waals surface area contributed by atoms with Crippen molar-refractivity contribution in [3.05, 3.63) is 40.1 Å². The lowest BCUT2D eigenvalue weighted by molar-refractivity contribution is -0.129. The predicted molar refractivity (Wildman–Crippen MR) is 90.7 cm³/mol. The highest BCUT2D eigenvalue weighted by Crippen LogP contribution is 2.34. The van der Waals surface area contributed by atoms with Crippen molar-refractivity contribution in [2.24, 2.45) is 7.05 Å². The van der Waals surface area contributed by atoms with Crippen LogP contribution in [0.25, 0.3) is 0 Å². The van der Waals surface area contributed by atoms with Crippen molar-refractivity contribution in [2.45, 2.75) is 38.4 Å². The summed E-state index contributed by atoms with van der Waals surface area (Å²) in [6, 6.07) is 3.81. The fourth-order valence-corrected chi connectivity index (χ4v) is 4.48. The van der Waals surface area contributed by atoms with E-state index in [1.54, 1.807) is 11.3 Å². The smallest absolute Gasteiger partial charge is 0.270 e. The molecule has 0 spiro atoms. The van der Waals surface area contributed by atoms with Crippen LogP contribution in [0.1, 0.15) is 34.0 Å². The van der Waals surface area contributed by atoms with Crippen molar-refractivity contribution >= 4 is 23.2 Å². The van der Waals surface area contributed by atoms with Crippen molar-refractivity contribution in [3.63, 3.8) is 0 Å². The maximum Gasteiger partial charge on any atom is 0.270 e. The molecule has 7 heteroatoms. The Hall–Kier alpha value is -2.15. The van der Waals surface area contributed by atoms with Crippen LogP contribution in [0.3, 0.4) is 0 Å². The molecule has 4 rings (SSSR count). The van der Waals surface area contributed by atoms with E-state index >= 15 is 0 Å². The number of hydrogen-bond donors (Lipinski definition) is 0. The Morgan fingerprint density at radius 2 is 2.25 bits per heavy atom. The third-order valence-corrected chi connectivity index (χ3v) is 5.86. The largest absolute Gasteiger partial charge is 0.347 e. The van der Waals surface area contributed by atoms with Gasteiger partial charge in [-0.25, -0.2) is 4.98 Å².